The maximum Gasteiger partial charge on any atom is 0.255 e. The van der Waals surface area contributed by atoms with Crippen LogP contribution in [0.3, 0.4) is 0 Å². The van der Waals surface area contributed by atoms with Gasteiger partial charge in [-0.05, 0) is 38.1 Å². The summed E-state index contributed by atoms with van der Waals surface area (Å²) in [6, 6.07) is 13.9. The van der Waals surface area contributed by atoms with Crippen molar-refractivity contribution in [1.82, 2.24) is 29.6 Å². The van der Waals surface area contributed by atoms with E-state index in [1.54, 1.807) is 12.4 Å². The van der Waals surface area contributed by atoms with E-state index in [9.17, 15) is 4.79 Å². The number of pyridine rings is 1. The van der Waals surface area contributed by atoms with Crippen LogP contribution < -0.4 is 5.56 Å². The second kappa shape index (κ2) is 7.92. The van der Waals surface area contributed by atoms with Crippen LogP contribution >= 0.6 is 0 Å². The number of aromatic amines is 1. The van der Waals surface area contributed by atoms with Gasteiger partial charge in [0.15, 0.2) is 0 Å². The van der Waals surface area contributed by atoms with E-state index in [-0.39, 0.29) is 5.56 Å². The third kappa shape index (κ3) is 3.68. The lowest BCUT2D eigenvalue weighted by Gasteiger charge is -2.27. The smallest absolute Gasteiger partial charge is 0.255 e. The molecular formula is C24H24N6O. The van der Waals surface area contributed by atoms with Crippen LogP contribution in [0.1, 0.15) is 28.2 Å². The van der Waals surface area contributed by atoms with Gasteiger partial charge in [0.1, 0.15) is 5.82 Å². The number of benzene rings is 1. The molecule has 3 aromatic heterocycles. The summed E-state index contributed by atoms with van der Waals surface area (Å²) in [6.45, 7) is 6.35. The molecule has 0 saturated heterocycles. The van der Waals surface area contributed by atoms with Gasteiger partial charge in [-0.15, -0.1) is 0 Å². The highest BCUT2D eigenvalue weighted by Crippen LogP contribution is 2.23. The van der Waals surface area contributed by atoms with Gasteiger partial charge in [0, 0.05) is 55.3 Å². The fraction of sp³-hybridized carbons (Fsp3) is 0.250. The highest BCUT2D eigenvalue weighted by molar-refractivity contribution is 5.53. The van der Waals surface area contributed by atoms with Crippen LogP contribution in [0.5, 0.6) is 0 Å². The molecule has 0 saturated carbocycles. The van der Waals surface area contributed by atoms with Crippen molar-refractivity contribution in [1.29, 1.82) is 0 Å². The van der Waals surface area contributed by atoms with Crippen molar-refractivity contribution in [2.45, 2.75) is 33.4 Å². The number of fused-ring (bicyclic) bond motifs is 1. The lowest BCUT2D eigenvalue weighted by atomic mass is 10.0. The van der Waals surface area contributed by atoms with Crippen molar-refractivity contribution in [3.63, 3.8) is 0 Å². The number of aryl methyl sites for hydroxylation is 1. The Morgan fingerprint density at radius 1 is 1.10 bits per heavy atom. The number of rotatable bonds is 4. The van der Waals surface area contributed by atoms with Gasteiger partial charge in [0.2, 0.25) is 0 Å². The van der Waals surface area contributed by atoms with E-state index in [0.717, 1.165) is 53.4 Å². The molecule has 0 atom stereocenters. The molecule has 4 heterocycles. The van der Waals surface area contributed by atoms with E-state index in [0.29, 0.717) is 12.4 Å². The minimum absolute atomic E-state index is 0.0676. The third-order valence-electron chi connectivity index (χ3n) is 5.91. The number of hydrogen-bond acceptors (Lipinski definition) is 5. The molecule has 31 heavy (non-hydrogen) atoms. The summed E-state index contributed by atoms with van der Waals surface area (Å²) in [5, 5.41) is 4.76. The zero-order valence-electron chi connectivity index (χ0n) is 17.7. The predicted molar refractivity (Wildman–Crippen MR) is 119 cm³/mol. The van der Waals surface area contributed by atoms with Gasteiger partial charge in [-0.25, -0.2) is 9.67 Å². The molecule has 0 amide bonds. The molecule has 1 N–H and O–H groups in total. The maximum absolute atomic E-state index is 12.8. The first-order valence-electron chi connectivity index (χ1n) is 10.5. The second-order valence-corrected chi connectivity index (χ2v) is 7.94. The fourth-order valence-corrected chi connectivity index (χ4v) is 4.20. The molecule has 7 heteroatoms. The summed E-state index contributed by atoms with van der Waals surface area (Å²) in [4.78, 5) is 26.9. The molecule has 0 spiro atoms. The van der Waals surface area contributed by atoms with Crippen LogP contribution in [0.25, 0.3) is 17.1 Å². The van der Waals surface area contributed by atoms with Crippen LogP contribution in [0.4, 0.5) is 0 Å². The maximum atomic E-state index is 12.8. The van der Waals surface area contributed by atoms with Crippen molar-refractivity contribution in [3.8, 4) is 17.1 Å². The average Bonchev–Trinajstić information content (AvgIpc) is 3.09. The van der Waals surface area contributed by atoms with Gasteiger partial charge in [-0.1, -0.05) is 18.2 Å². The Bertz CT molecular complexity index is 1280. The Labute approximate surface area is 180 Å². The molecule has 1 aliphatic heterocycles. The first-order valence-corrected chi connectivity index (χ1v) is 10.5. The van der Waals surface area contributed by atoms with Crippen molar-refractivity contribution in [2.24, 2.45) is 0 Å². The van der Waals surface area contributed by atoms with Gasteiger partial charge < -0.3 is 4.98 Å². The van der Waals surface area contributed by atoms with Gasteiger partial charge >= 0.3 is 0 Å². The second-order valence-electron chi connectivity index (χ2n) is 7.94. The molecule has 0 unspecified atom stereocenters. The Morgan fingerprint density at radius 3 is 2.71 bits per heavy atom. The molecule has 7 nitrogen and oxygen atoms in total. The molecule has 1 aromatic carbocycles. The van der Waals surface area contributed by atoms with Gasteiger partial charge in [0.25, 0.3) is 5.56 Å². The molecule has 0 fully saturated rings. The van der Waals surface area contributed by atoms with Gasteiger partial charge in [-0.3, -0.25) is 14.7 Å². The normalized spacial score (nSPS) is 13.9. The topological polar surface area (TPSA) is 79.7 Å². The first-order chi connectivity index (χ1) is 15.1. The summed E-state index contributed by atoms with van der Waals surface area (Å²) >= 11 is 0. The lowest BCUT2D eigenvalue weighted by molar-refractivity contribution is 0.241. The number of H-pyrrole nitrogens is 1. The Hall–Kier alpha value is -3.58. The number of hydrogen-bond donors (Lipinski definition) is 1. The first kappa shape index (κ1) is 19.4. The van der Waals surface area contributed by atoms with E-state index >= 15 is 0 Å². The van der Waals surface area contributed by atoms with E-state index in [4.69, 9.17) is 10.1 Å². The SMILES string of the molecule is Cc1nn(-c2ccccc2)c(C)c1CN1CCc2nc(-c3cccnc3)[nH]c(=O)c2C1. The van der Waals surface area contributed by atoms with Crippen LogP contribution in [-0.2, 0) is 19.5 Å². The molecule has 0 radical (unpaired) electrons. The van der Waals surface area contributed by atoms with E-state index < -0.39 is 0 Å². The van der Waals surface area contributed by atoms with Crippen LogP contribution in [-0.4, -0.2) is 36.2 Å². The molecule has 1 aliphatic rings. The molecule has 156 valence electrons. The summed E-state index contributed by atoms with van der Waals surface area (Å²) in [5.41, 5.74) is 6.81. The summed E-state index contributed by atoms with van der Waals surface area (Å²) in [5.74, 6) is 0.584. The van der Waals surface area contributed by atoms with Crippen molar-refractivity contribution >= 4 is 0 Å². The number of nitrogens with zero attached hydrogens (tertiary/aromatic N) is 5. The van der Waals surface area contributed by atoms with Crippen LogP contribution in [0.2, 0.25) is 0 Å². The monoisotopic (exact) mass is 412 g/mol. The van der Waals surface area contributed by atoms with E-state index in [1.807, 2.05) is 41.9 Å². The molecule has 0 aliphatic carbocycles. The minimum atomic E-state index is -0.0676. The van der Waals surface area contributed by atoms with Gasteiger partial charge in [0.05, 0.1) is 22.6 Å². The van der Waals surface area contributed by atoms with Gasteiger partial charge in [-0.2, -0.15) is 5.10 Å². The number of nitrogens with one attached hydrogen (secondary N) is 1. The largest absolute Gasteiger partial charge is 0.306 e. The summed E-state index contributed by atoms with van der Waals surface area (Å²) in [7, 11) is 0. The van der Waals surface area contributed by atoms with Crippen molar-refractivity contribution < 1.29 is 0 Å². The lowest BCUT2D eigenvalue weighted by Crippen LogP contribution is -2.35. The Kier molecular flexibility index (Phi) is 4.95. The summed E-state index contributed by atoms with van der Waals surface area (Å²) in [6.07, 6.45) is 4.18. The van der Waals surface area contributed by atoms with Crippen molar-refractivity contribution in [2.75, 3.05) is 6.54 Å². The Balaban J connectivity index is 1.40. The third-order valence-corrected chi connectivity index (χ3v) is 5.91. The van der Waals surface area contributed by atoms with E-state index in [2.05, 4.69) is 33.9 Å². The zero-order valence-corrected chi connectivity index (χ0v) is 17.7. The Morgan fingerprint density at radius 2 is 1.94 bits per heavy atom. The van der Waals surface area contributed by atoms with Crippen LogP contribution in [0, 0.1) is 13.8 Å². The molecular weight excluding hydrogens is 388 g/mol. The predicted octanol–water partition coefficient (Wildman–Crippen LogP) is 3.19. The molecule has 0 bridgehead atoms. The number of para-hydroxylation sites is 1. The quantitative estimate of drug-likeness (QED) is 0.557. The van der Waals surface area contributed by atoms with Crippen LogP contribution in [0.15, 0.2) is 59.7 Å². The number of aromatic nitrogens is 5. The van der Waals surface area contributed by atoms with E-state index in [1.165, 1.54) is 5.56 Å². The highest BCUT2D eigenvalue weighted by Gasteiger charge is 2.24. The molecule has 5 rings (SSSR count). The highest BCUT2D eigenvalue weighted by atomic mass is 16.1. The minimum Gasteiger partial charge on any atom is -0.306 e. The standard InChI is InChI=1S/C24H24N6O/c1-16-20(17(2)30(28-16)19-8-4-3-5-9-19)14-29-12-10-22-21(15-29)24(31)27-23(26-22)18-7-6-11-25-13-18/h3-9,11,13H,10,12,14-15H2,1-2H3,(H,26,27,31). The molecule has 4 aromatic rings. The average molecular weight is 412 g/mol. The summed E-state index contributed by atoms with van der Waals surface area (Å²) < 4.78 is 2.00. The van der Waals surface area contributed by atoms with Crippen molar-refractivity contribution in [3.05, 3.63) is 93.4 Å². The zero-order chi connectivity index (χ0) is 21.4. The fourth-order valence-electron chi connectivity index (χ4n) is 4.20.